The summed E-state index contributed by atoms with van der Waals surface area (Å²) >= 11 is 1.62. The molecule has 0 saturated carbocycles. The maximum absolute atomic E-state index is 12.3. The lowest BCUT2D eigenvalue weighted by Crippen LogP contribution is -2.45. The number of nitrogens with one attached hydrogen (secondary N) is 1. The van der Waals surface area contributed by atoms with Gasteiger partial charge in [-0.1, -0.05) is 44.6 Å². The highest BCUT2D eigenvalue weighted by Crippen LogP contribution is 2.25. The number of rotatable bonds is 6. The van der Waals surface area contributed by atoms with Gasteiger partial charge in [0.15, 0.2) is 0 Å². The topological polar surface area (TPSA) is 32.3 Å². The van der Waals surface area contributed by atoms with Crippen LogP contribution in [0.1, 0.15) is 53.0 Å². The number of carbonyl (C=O) groups excluding carboxylic acids is 1. The Hall–Kier alpha value is -1.26. The van der Waals surface area contributed by atoms with Crippen molar-refractivity contribution < 1.29 is 4.79 Å². The monoisotopic (exact) mass is 374 g/mol. The maximum atomic E-state index is 12.3. The molecule has 0 unspecified atom stereocenters. The van der Waals surface area contributed by atoms with Gasteiger partial charge < -0.3 is 5.32 Å². The molecular formula is C22H34N2OS. The second-order valence-corrected chi connectivity index (χ2v) is 9.54. The second-order valence-electron chi connectivity index (χ2n) is 8.49. The van der Waals surface area contributed by atoms with Crippen molar-refractivity contribution in [3.8, 4) is 0 Å². The average Bonchev–Trinajstić information content (AvgIpc) is 2.59. The molecule has 1 aliphatic heterocycles. The van der Waals surface area contributed by atoms with E-state index in [4.69, 9.17) is 0 Å². The number of allylic oxidation sites excluding steroid dienone is 1. The largest absolute Gasteiger partial charge is 0.353 e. The van der Waals surface area contributed by atoms with Crippen LogP contribution in [0.5, 0.6) is 0 Å². The fourth-order valence-electron chi connectivity index (χ4n) is 3.04. The number of nitrogens with zero attached hydrogens (tertiary/aromatic N) is 1. The van der Waals surface area contributed by atoms with Crippen molar-refractivity contribution in [2.24, 2.45) is 0 Å². The molecule has 0 spiro atoms. The first-order chi connectivity index (χ1) is 12.2. The van der Waals surface area contributed by atoms with Crippen LogP contribution in [-0.2, 0) is 10.2 Å². The number of thioether (sulfide) groups is 1. The lowest BCUT2D eigenvalue weighted by atomic mass is 9.87. The Balaban J connectivity index is 1.70. The molecule has 2 rings (SSSR count). The van der Waals surface area contributed by atoms with E-state index < -0.39 is 0 Å². The van der Waals surface area contributed by atoms with E-state index in [0.29, 0.717) is 11.8 Å². The van der Waals surface area contributed by atoms with Gasteiger partial charge in [0.25, 0.3) is 0 Å². The van der Waals surface area contributed by atoms with Gasteiger partial charge in [-0.25, -0.2) is 0 Å². The lowest BCUT2D eigenvalue weighted by molar-refractivity contribution is -0.119. The number of hydrogen-bond acceptors (Lipinski definition) is 3. The zero-order valence-corrected chi connectivity index (χ0v) is 17.8. The lowest BCUT2D eigenvalue weighted by Gasteiger charge is -2.31. The van der Waals surface area contributed by atoms with Crippen molar-refractivity contribution in [1.82, 2.24) is 10.2 Å². The standard InChI is InChI=1S/C22H34N2OS/c1-17(2)10-13-24-14-11-19(12-15-24)23-21(25)16-26-20-8-6-18(7-9-20)22(3,4)5/h6-10,19H,11-16H2,1-5H3,(H,23,25). The molecule has 1 amide bonds. The summed E-state index contributed by atoms with van der Waals surface area (Å²) in [5.74, 6) is 0.644. The highest BCUT2D eigenvalue weighted by Gasteiger charge is 2.20. The van der Waals surface area contributed by atoms with E-state index in [1.165, 1.54) is 11.1 Å². The zero-order valence-electron chi connectivity index (χ0n) is 17.0. The first kappa shape index (κ1) is 21.0. The second kappa shape index (κ2) is 9.61. The van der Waals surface area contributed by atoms with Crippen molar-refractivity contribution in [2.75, 3.05) is 25.4 Å². The summed E-state index contributed by atoms with van der Waals surface area (Å²) in [6, 6.07) is 8.92. The minimum atomic E-state index is 0.151. The Morgan fingerprint density at radius 1 is 1.19 bits per heavy atom. The van der Waals surface area contributed by atoms with E-state index in [0.717, 1.165) is 37.4 Å². The van der Waals surface area contributed by atoms with Crippen LogP contribution in [0.15, 0.2) is 40.8 Å². The van der Waals surface area contributed by atoms with Crippen LogP contribution >= 0.6 is 11.8 Å². The van der Waals surface area contributed by atoms with Gasteiger partial charge in [-0.05, 0) is 49.8 Å². The van der Waals surface area contributed by atoms with Crippen LogP contribution in [0.4, 0.5) is 0 Å². The summed E-state index contributed by atoms with van der Waals surface area (Å²) in [4.78, 5) is 15.9. The summed E-state index contributed by atoms with van der Waals surface area (Å²) in [6.45, 7) is 14.1. The van der Waals surface area contributed by atoms with E-state index in [9.17, 15) is 4.79 Å². The van der Waals surface area contributed by atoms with Crippen molar-refractivity contribution in [2.45, 2.75) is 63.8 Å². The Morgan fingerprint density at radius 2 is 1.81 bits per heavy atom. The molecule has 0 aliphatic carbocycles. The van der Waals surface area contributed by atoms with E-state index >= 15 is 0 Å². The first-order valence-electron chi connectivity index (χ1n) is 9.62. The predicted molar refractivity (Wildman–Crippen MR) is 113 cm³/mol. The molecule has 0 aromatic heterocycles. The van der Waals surface area contributed by atoms with E-state index in [2.05, 4.69) is 75.2 Å². The van der Waals surface area contributed by atoms with Gasteiger partial charge in [-0.2, -0.15) is 0 Å². The average molecular weight is 375 g/mol. The van der Waals surface area contributed by atoms with Crippen LogP contribution in [0, 0.1) is 0 Å². The summed E-state index contributed by atoms with van der Waals surface area (Å²) in [5, 5.41) is 3.21. The molecule has 26 heavy (non-hydrogen) atoms. The molecule has 3 nitrogen and oxygen atoms in total. The zero-order chi connectivity index (χ0) is 19.2. The maximum Gasteiger partial charge on any atom is 0.230 e. The quantitative estimate of drug-likeness (QED) is 0.582. The van der Waals surface area contributed by atoms with Gasteiger partial charge in [0.05, 0.1) is 5.75 Å². The Morgan fingerprint density at radius 3 is 2.35 bits per heavy atom. The van der Waals surface area contributed by atoms with Gasteiger partial charge in [-0.3, -0.25) is 9.69 Å². The predicted octanol–water partition coefficient (Wildman–Crippen LogP) is 4.62. The number of hydrogen-bond donors (Lipinski definition) is 1. The van der Waals surface area contributed by atoms with Crippen LogP contribution in [0.3, 0.4) is 0 Å². The fraction of sp³-hybridized carbons (Fsp3) is 0.591. The van der Waals surface area contributed by atoms with Gasteiger partial charge >= 0.3 is 0 Å². The number of benzene rings is 1. The molecule has 4 heteroatoms. The number of likely N-dealkylation sites (tertiary alicyclic amines) is 1. The molecule has 1 N–H and O–H groups in total. The van der Waals surface area contributed by atoms with Gasteiger partial charge in [-0.15, -0.1) is 11.8 Å². The molecule has 0 atom stereocenters. The third kappa shape index (κ3) is 7.16. The van der Waals surface area contributed by atoms with Gasteiger partial charge in [0, 0.05) is 30.6 Å². The fourth-order valence-corrected chi connectivity index (χ4v) is 3.75. The summed E-state index contributed by atoms with van der Waals surface area (Å²) < 4.78 is 0. The Kier molecular flexibility index (Phi) is 7.78. The van der Waals surface area contributed by atoms with E-state index in [-0.39, 0.29) is 11.3 Å². The van der Waals surface area contributed by atoms with Crippen molar-refractivity contribution in [1.29, 1.82) is 0 Å². The molecule has 144 valence electrons. The normalized spacial score (nSPS) is 16.3. The molecule has 1 aromatic carbocycles. The van der Waals surface area contributed by atoms with Crippen LogP contribution < -0.4 is 5.32 Å². The Labute approximate surface area is 163 Å². The summed E-state index contributed by atoms with van der Waals surface area (Å²) in [5.41, 5.74) is 2.86. The number of piperidine rings is 1. The molecule has 0 radical (unpaired) electrons. The molecule has 1 heterocycles. The first-order valence-corrected chi connectivity index (χ1v) is 10.6. The minimum absolute atomic E-state index is 0.151. The third-order valence-corrected chi connectivity index (χ3v) is 5.81. The smallest absolute Gasteiger partial charge is 0.230 e. The minimum Gasteiger partial charge on any atom is -0.353 e. The van der Waals surface area contributed by atoms with Crippen LogP contribution in [0.2, 0.25) is 0 Å². The van der Waals surface area contributed by atoms with Crippen molar-refractivity contribution in [3.63, 3.8) is 0 Å². The van der Waals surface area contributed by atoms with Gasteiger partial charge in [0.1, 0.15) is 0 Å². The SMILES string of the molecule is CC(C)=CCN1CCC(NC(=O)CSc2ccc(C(C)(C)C)cc2)CC1. The van der Waals surface area contributed by atoms with Crippen molar-refractivity contribution in [3.05, 3.63) is 41.5 Å². The summed E-state index contributed by atoms with van der Waals surface area (Å²) in [7, 11) is 0. The molecule has 1 fully saturated rings. The Bertz CT molecular complexity index is 604. The van der Waals surface area contributed by atoms with Crippen LogP contribution in [-0.4, -0.2) is 42.2 Å². The number of amides is 1. The third-order valence-electron chi connectivity index (χ3n) is 4.80. The van der Waals surface area contributed by atoms with Crippen molar-refractivity contribution >= 4 is 17.7 Å². The van der Waals surface area contributed by atoms with Crippen LogP contribution in [0.25, 0.3) is 0 Å². The highest BCUT2D eigenvalue weighted by molar-refractivity contribution is 8.00. The molecule has 1 aliphatic rings. The van der Waals surface area contributed by atoms with E-state index in [1.54, 1.807) is 11.8 Å². The molecule has 0 bridgehead atoms. The molecular weight excluding hydrogens is 340 g/mol. The van der Waals surface area contributed by atoms with E-state index in [1.807, 2.05) is 0 Å². The summed E-state index contributed by atoms with van der Waals surface area (Å²) in [6.07, 6.45) is 4.38. The molecule has 1 aromatic rings. The van der Waals surface area contributed by atoms with Gasteiger partial charge in [0.2, 0.25) is 5.91 Å². The number of carbonyl (C=O) groups is 1. The molecule has 1 saturated heterocycles. The highest BCUT2D eigenvalue weighted by atomic mass is 32.2.